The minimum atomic E-state index is -0.532. The van der Waals surface area contributed by atoms with Gasteiger partial charge in [-0.05, 0) is 6.07 Å². The van der Waals surface area contributed by atoms with E-state index in [9.17, 15) is 4.39 Å². The molecule has 0 amide bonds. The van der Waals surface area contributed by atoms with E-state index < -0.39 is 6.04 Å². The SMILES string of the molecule is COc1cc(F)ccc1[C@H](N)CO. The molecule has 1 atom stereocenters. The van der Waals surface area contributed by atoms with Gasteiger partial charge in [-0.15, -0.1) is 0 Å². The second-order valence-corrected chi connectivity index (χ2v) is 2.68. The van der Waals surface area contributed by atoms with Crippen LogP contribution >= 0.6 is 0 Å². The van der Waals surface area contributed by atoms with Crippen molar-refractivity contribution in [2.24, 2.45) is 5.73 Å². The van der Waals surface area contributed by atoms with Gasteiger partial charge in [0.2, 0.25) is 0 Å². The summed E-state index contributed by atoms with van der Waals surface area (Å²) < 4.78 is 17.6. The fourth-order valence-corrected chi connectivity index (χ4v) is 1.09. The Bertz CT molecular complexity index is 291. The standard InChI is InChI=1S/C9H12FNO2/c1-13-9-4-6(10)2-3-7(9)8(11)5-12/h2-4,8,12H,5,11H2,1H3/t8-/m1/s1. The van der Waals surface area contributed by atoms with E-state index in [4.69, 9.17) is 15.6 Å². The molecule has 0 saturated carbocycles. The van der Waals surface area contributed by atoms with Gasteiger partial charge in [0.05, 0.1) is 19.8 Å². The molecule has 0 radical (unpaired) electrons. The first-order valence-corrected chi connectivity index (χ1v) is 3.89. The highest BCUT2D eigenvalue weighted by molar-refractivity contribution is 5.36. The molecule has 1 aromatic carbocycles. The van der Waals surface area contributed by atoms with E-state index in [-0.39, 0.29) is 12.4 Å². The van der Waals surface area contributed by atoms with E-state index in [0.717, 1.165) is 0 Å². The maximum absolute atomic E-state index is 12.7. The largest absolute Gasteiger partial charge is 0.496 e. The molecule has 0 unspecified atom stereocenters. The minimum absolute atomic E-state index is 0.192. The molecule has 0 aliphatic carbocycles. The Kier molecular flexibility index (Phi) is 3.22. The monoisotopic (exact) mass is 185 g/mol. The second-order valence-electron chi connectivity index (χ2n) is 2.68. The first kappa shape index (κ1) is 9.95. The maximum atomic E-state index is 12.7. The van der Waals surface area contributed by atoms with Crippen molar-refractivity contribution in [1.82, 2.24) is 0 Å². The molecule has 1 rings (SSSR count). The lowest BCUT2D eigenvalue weighted by Crippen LogP contribution is -2.15. The molecule has 4 heteroatoms. The Morgan fingerprint density at radius 1 is 1.62 bits per heavy atom. The van der Waals surface area contributed by atoms with E-state index in [1.807, 2.05) is 0 Å². The van der Waals surface area contributed by atoms with Gasteiger partial charge in [0, 0.05) is 11.6 Å². The van der Waals surface area contributed by atoms with Crippen molar-refractivity contribution in [3.63, 3.8) is 0 Å². The first-order chi connectivity index (χ1) is 6.19. The molecule has 3 N–H and O–H groups in total. The van der Waals surface area contributed by atoms with Crippen LogP contribution in [0.15, 0.2) is 18.2 Å². The van der Waals surface area contributed by atoms with Crippen LogP contribution in [0, 0.1) is 5.82 Å². The summed E-state index contributed by atoms with van der Waals surface area (Å²) in [5.74, 6) is -0.0210. The van der Waals surface area contributed by atoms with Gasteiger partial charge in [-0.2, -0.15) is 0 Å². The summed E-state index contributed by atoms with van der Waals surface area (Å²) in [6.45, 7) is -0.192. The molecule has 0 heterocycles. The molecule has 0 aliphatic heterocycles. The zero-order valence-electron chi connectivity index (χ0n) is 7.33. The van der Waals surface area contributed by atoms with Crippen LogP contribution < -0.4 is 10.5 Å². The van der Waals surface area contributed by atoms with Crippen molar-refractivity contribution in [1.29, 1.82) is 0 Å². The van der Waals surface area contributed by atoms with Crippen molar-refractivity contribution < 1.29 is 14.2 Å². The fraction of sp³-hybridized carbons (Fsp3) is 0.333. The first-order valence-electron chi connectivity index (χ1n) is 3.89. The minimum Gasteiger partial charge on any atom is -0.496 e. The van der Waals surface area contributed by atoms with Crippen molar-refractivity contribution >= 4 is 0 Å². The van der Waals surface area contributed by atoms with Crippen molar-refractivity contribution in [3.8, 4) is 5.75 Å². The lowest BCUT2D eigenvalue weighted by atomic mass is 10.1. The fourth-order valence-electron chi connectivity index (χ4n) is 1.09. The highest BCUT2D eigenvalue weighted by Gasteiger charge is 2.11. The molecule has 1 aromatic rings. The number of hydrogen-bond donors (Lipinski definition) is 2. The molecule has 0 spiro atoms. The summed E-state index contributed by atoms with van der Waals surface area (Å²) in [5.41, 5.74) is 6.17. The van der Waals surface area contributed by atoms with Crippen molar-refractivity contribution in [2.75, 3.05) is 13.7 Å². The molecular weight excluding hydrogens is 173 g/mol. The van der Waals surface area contributed by atoms with E-state index in [2.05, 4.69) is 0 Å². The van der Waals surface area contributed by atoms with Gasteiger partial charge in [-0.3, -0.25) is 0 Å². The zero-order valence-corrected chi connectivity index (χ0v) is 7.33. The molecule has 13 heavy (non-hydrogen) atoms. The summed E-state index contributed by atoms with van der Waals surface area (Å²) in [4.78, 5) is 0. The van der Waals surface area contributed by atoms with Gasteiger partial charge in [-0.25, -0.2) is 4.39 Å². The summed E-state index contributed by atoms with van der Waals surface area (Å²) in [7, 11) is 1.43. The number of methoxy groups -OCH3 is 1. The third kappa shape index (κ3) is 2.17. The summed E-state index contributed by atoms with van der Waals surface area (Å²) in [6, 6.07) is 3.50. The average Bonchev–Trinajstić information content (AvgIpc) is 2.16. The van der Waals surface area contributed by atoms with Crippen LogP contribution in [0.5, 0.6) is 5.75 Å². The topological polar surface area (TPSA) is 55.5 Å². The molecule has 0 aromatic heterocycles. The maximum Gasteiger partial charge on any atom is 0.126 e. The van der Waals surface area contributed by atoms with Crippen LogP contribution in [0.25, 0.3) is 0 Å². The summed E-state index contributed by atoms with van der Waals surface area (Å²) >= 11 is 0. The molecule has 0 saturated heterocycles. The third-order valence-corrected chi connectivity index (χ3v) is 1.79. The Balaban J connectivity index is 3.05. The van der Waals surface area contributed by atoms with Gasteiger partial charge in [0.1, 0.15) is 11.6 Å². The number of halogens is 1. The Labute approximate surface area is 75.9 Å². The molecule has 3 nitrogen and oxygen atoms in total. The van der Waals surface area contributed by atoms with Crippen LogP contribution in [0.3, 0.4) is 0 Å². The van der Waals surface area contributed by atoms with Crippen LogP contribution in [0.2, 0.25) is 0 Å². The number of aliphatic hydroxyl groups is 1. The van der Waals surface area contributed by atoms with Crippen LogP contribution in [0.1, 0.15) is 11.6 Å². The summed E-state index contributed by atoms with van der Waals surface area (Å²) in [6.07, 6.45) is 0. The Morgan fingerprint density at radius 2 is 2.31 bits per heavy atom. The predicted octanol–water partition coefficient (Wildman–Crippen LogP) is 0.826. The highest BCUT2D eigenvalue weighted by Crippen LogP contribution is 2.24. The molecular formula is C9H12FNO2. The smallest absolute Gasteiger partial charge is 0.126 e. The third-order valence-electron chi connectivity index (χ3n) is 1.79. The lowest BCUT2D eigenvalue weighted by Gasteiger charge is -2.12. The number of rotatable bonds is 3. The second kappa shape index (κ2) is 4.20. The Hall–Kier alpha value is -1.13. The highest BCUT2D eigenvalue weighted by atomic mass is 19.1. The van der Waals surface area contributed by atoms with Gasteiger partial charge >= 0.3 is 0 Å². The average molecular weight is 185 g/mol. The van der Waals surface area contributed by atoms with Crippen LogP contribution in [-0.2, 0) is 0 Å². The van der Waals surface area contributed by atoms with E-state index in [1.165, 1.54) is 25.3 Å². The van der Waals surface area contributed by atoms with Crippen molar-refractivity contribution in [2.45, 2.75) is 6.04 Å². The van der Waals surface area contributed by atoms with Gasteiger partial charge in [0.25, 0.3) is 0 Å². The molecule has 0 bridgehead atoms. The lowest BCUT2D eigenvalue weighted by molar-refractivity contribution is 0.264. The van der Waals surface area contributed by atoms with Crippen molar-refractivity contribution in [3.05, 3.63) is 29.6 Å². The van der Waals surface area contributed by atoms with E-state index in [1.54, 1.807) is 0 Å². The van der Waals surface area contributed by atoms with E-state index in [0.29, 0.717) is 11.3 Å². The quantitative estimate of drug-likeness (QED) is 0.733. The predicted molar refractivity (Wildman–Crippen MR) is 47.0 cm³/mol. The van der Waals surface area contributed by atoms with Gasteiger partial charge in [-0.1, -0.05) is 6.07 Å². The van der Waals surface area contributed by atoms with Gasteiger partial charge < -0.3 is 15.6 Å². The van der Waals surface area contributed by atoms with Crippen LogP contribution in [0.4, 0.5) is 4.39 Å². The van der Waals surface area contributed by atoms with Crippen LogP contribution in [-0.4, -0.2) is 18.8 Å². The number of ether oxygens (including phenoxy) is 1. The molecule has 72 valence electrons. The summed E-state index contributed by atoms with van der Waals surface area (Å²) in [5, 5.41) is 8.80. The number of hydrogen-bond acceptors (Lipinski definition) is 3. The zero-order chi connectivity index (χ0) is 9.84. The number of nitrogens with two attached hydrogens (primary N) is 1. The molecule has 0 aliphatic rings. The number of aliphatic hydroxyl groups excluding tert-OH is 1. The normalized spacial score (nSPS) is 12.6. The molecule has 0 fully saturated rings. The number of benzene rings is 1. The van der Waals surface area contributed by atoms with E-state index >= 15 is 0 Å². The van der Waals surface area contributed by atoms with Gasteiger partial charge in [0.15, 0.2) is 0 Å². The Morgan fingerprint density at radius 3 is 2.85 bits per heavy atom.